The van der Waals surface area contributed by atoms with E-state index in [1.165, 1.54) is 12.8 Å². The van der Waals surface area contributed by atoms with Crippen molar-refractivity contribution in [1.29, 1.82) is 0 Å². The third kappa shape index (κ3) is 2.46. The molecule has 1 aliphatic rings. The van der Waals surface area contributed by atoms with Crippen molar-refractivity contribution >= 4 is 22.4 Å². The van der Waals surface area contributed by atoms with Crippen LogP contribution in [0.4, 0.5) is 11.5 Å². The number of hydrogen-bond donors (Lipinski definition) is 1. The minimum absolute atomic E-state index is 0.589. The van der Waals surface area contributed by atoms with E-state index >= 15 is 0 Å². The first-order valence-electron chi connectivity index (χ1n) is 6.55. The highest BCUT2D eigenvalue weighted by Crippen LogP contribution is 2.33. The molecule has 0 saturated heterocycles. The Morgan fingerprint density at radius 1 is 1.37 bits per heavy atom. The van der Waals surface area contributed by atoms with Gasteiger partial charge in [-0.3, -0.25) is 0 Å². The van der Waals surface area contributed by atoms with Gasteiger partial charge in [0.25, 0.3) is 0 Å². The molecule has 1 aliphatic carbocycles. The molecule has 100 valence electrons. The molecule has 2 N–H and O–H groups in total. The van der Waals surface area contributed by atoms with E-state index in [0.29, 0.717) is 12.6 Å². The monoisotopic (exact) mass is 258 g/mol. The van der Waals surface area contributed by atoms with Crippen molar-refractivity contribution < 1.29 is 4.74 Å². The van der Waals surface area contributed by atoms with E-state index < -0.39 is 0 Å². The Balaban J connectivity index is 2.02. The number of hydrogen-bond acceptors (Lipinski definition) is 5. The van der Waals surface area contributed by atoms with Crippen LogP contribution in [0, 0.1) is 0 Å². The van der Waals surface area contributed by atoms with E-state index in [9.17, 15) is 0 Å². The predicted molar refractivity (Wildman–Crippen MR) is 76.2 cm³/mol. The van der Waals surface area contributed by atoms with Crippen LogP contribution in [0.1, 0.15) is 12.8 Å². The van der Waals surface area contributed by atoms with Crippen LogP contribution < -0.4 is 10.6 Å². The summed E-state index contributed by atoms with van der Waals surface area (Å²) in [6, 6.07) is 6.38. The van der Waals surface area contributed by atoms with Crippen molar-refractivity contribution in [2.75, 3.05) is 30.9 Å². The summed E-state index contributed by atoms with van der Waals surface area (Å²) in [5.41, 5.74) is 7.43. The summed E-state index contributed by atoms with van der Waals surface area (Å²) in [5, 5.41) is 1.06. The predicted octanol–water partition coefficient (Wildman–Crippen LogP) is 1.83. The molecule has 0 unspecified atom stereocenters. The number of fused-ring (bicyclic) bond motifs is 1. The molecule has 0 aliphatic heterocycles. The van der Waals surface area contributed by atoms with Gasteiger partial charge < -0.3 is 15.4 Å². The van der Waals surface area contributed by atoms with Crippen molar-refractivity contribution in [3.63, 3.8) is 0 Å². The largest absolute Gasteiger partial charge is 0.399 e. The number of nitrogens with two attached hydrogens (primary N) is 1. The molecule has 0 radical (unpaired) electrons. The molecular weight excluding hydrogens is 240 g/mol. The number of aromatic nitrogens is 2. The second-order valence-electron chi connectivity index (χ2n) is 4.89. The highest BCUT2D eigenvalue weighted by atomic mass is 16.5. The third-order valence-corrected chi connectivity index (χ3v) is 3.44. The van der Waals surface area contributed by atoms with Gasteiger partial charge in [0.2, 0.25) is 0 Å². The first-order valence-corrected chi connectivity index (χ1v) is 6.55. The summed E-state index contributed by atoms with van der Waals surface area (Å²) >= 11 is 0. The summed E-state index contributed by atoms with van der Waals surface area (Å²) < 4.78 is 5.20. The summed E-state index contributed by atoms with van der Waals surface area (Å²) in [6.07, 6.45) is 4.06. The molecule has 1 aromatic carbocycles. The van der Waals surface area contributed by atoms with Crippen molar-refractivity contribution in [1.82, 2.24) is 9.97 Å². The number of anilines is 2. The van der Waals surface area contributed by atoms with E-state index in [0.717, 1.165) is 29.0 Å². The van der Waals surface area contributed by atoms with Crippen LogP contribution in [0.25, 0.3) is 10.9 Å². The average molecular weight is 258 g/mol. The third-order valence-electron chi connectivity index (χ3n) is 3.44. The van der Waals surface area contributed by atoms with Crippen LogP contribution in [0.5, 0.6) is 0 Å². The van der Waals surface area contributed by atoms with Gasteiger partial charge in [0.1, 0.15) is 12.1 Å². The molecule has 1 fully saturated rings. The first-order chi connectivity index (χ1) is 9.29. The maximum absolute atomic E-state index is 5.81. The minimum atomic E-state index is 0.589. The van der Waals surface area contributed by atoms with Gasteiger partial charge in [-0.05, 0) is 31.0 Å². The lowest BCUT2D eigenvalue weighted by Crippen LogP contribution is -2.30. The molecule has 3 rings (SSSR count). The van der Waals surface area contributed by atoms with Gasteiger partial charge in [0.15, 0.2) is 0 Å². The standard InChI is InChI=1S/C14H18N4O/c1-19-7-6-18(11-3-4-11)14-12-5-2-10(15)8-13(12)16-9-17-14/h2,5,8-9,11H,3-4,6-7,15H2,1H3. The van der Waals surface area contributed by atoms with Crippen molar-refractivity contribution in [3.05, 3.63) is 24.5 Å². The molecule has 1 aromatic heterocycles. The van der Waals surface area contributed by atoms with Gasteiger partial charge >= 0.3 is 0 Å². The number of ether oxygens (including phenoxy) is 1. The molecule has 2 aromatic rings. The van der Waals surface area contributed by atoms with Crippen LogP contribution in [0.3, 0.4) is 0 Å². The lowest BCUT2D eigenvalue weighted by molar-refractivity contribution is 0.205. The molecule has 19 heavy (non-hydrogen) atoms. The first kappa shape index (κ1) is 12.2. The zero-order valence-electron chi connectivity index (χ0n) is 11.0. The Hall–Kier alpha value is -1.88. The van der Waals surface area contributed by atoms with Crippen molar-refractivity contribution in [2.24, 2.45) is 0 Å². The Kier molecular flexibility index (Phi) is 3.21. The average Bonchev–Trinajstić information content (AvgIpc) is 3.23. The number of methoxy groups -OCH3 is 1. The van der Waals surface area contributed by atoms with Gasteiger partial charge in [0.05, 0.1) is 12.1 Å². The molecular formula is C14H18N4O. The summed E-state index contributed by atoms with van der Waals surface area (Å²) in [4.78, 5) is 11.1. The SMILES string of the molecule is COCCN(c1ncnc2cc(N)ccc12)C1CC1. The maximum Gasteiger partial charge on any atom is 0.140 e. The van der Waals surface area contributed by atoms with Gasteiger partial charge in [-0.15, -0.1) is 0 Å². The Morgan fingerprint density at radius 2 is 2.21 bits per heavy atom. The summed E-state index contributed by atoms with van der Waals surface area (Å²) in [6.45, 7) is 1.56. The molecule has 0 spiro atoms. The second kappa shape index (κ2) is 5.01. The van der Waals surface area contributed by atoms with Gasteiger partial charge in [-0.1, -0.05) is 0 Å². The van der Waals surface area contributed by atoms with Crippen molar-refractivity contribution in [2.45, 2.75) is 18.9 Å². The second-order valence-corrected chi connectivity index (χ2v) is 4.89. The summed E-state index contributed by atoms with van der Waals surface area (Å²) in [7, 11) is 1.73. The number of rotatable bonds is 5. The van der Waals surface area contributed by atoms with Crippen LogP contribution in [-0.4, -0.2) is 36.3 Å². The lowest BCUT2D eigenvalue weighted by atomic mass is 10.2. The lowest BCUT2D eigenvalue weighted by Gasteiger charge is -2.24. The molecule has 5 nitrogen and oxygen atoms in total. The van der Waals surface area contributed by atoms with E-state index in [-0.39, 0.29) is 0 Å². The zero-order chi connectivity index (χ0) is 13.2. The molecule has 1 saturated carbocycles. The Labute approximate surface area is 112 Å². The fourth-order valence-electron chi connectivity index (χ4n) is 2.33. The maximum atomic E-state index is 5.81. The van der Waals surface area contributed by atoms with E-state index in [1.807, 2.05) is 18.2 Å². The van der Waals surface area contributed by atoms with Gasteiger partial charge in [0, 0.05) is 30.8 Å². The van der Waals surface area contributed by atoms with Crippen LogP contribution >= 0.6 is 0 Å². The van der Waals surface area contributed by atoms with E-state index in [4.69, 9.17) is 10.5 Å². The fraction of sp³-hybridized carbons (Fsp3) is 0.429. The topological polar surface area (TPSA) is 64.3 Å². The van der Waals surface area contributed by atoms with Gasteiger partial charge in [-0.25, -0.2) is 9.97 Å². The number of nitrogen functional groups attached to an aromatic ring is 1. The van der Waals surface area contributed by atoms with Crippen LogP contribution in [-0.2, 0) is 4.74 Å². The zero-order valence-corrected chi connectivity index (χ0v) is 11.0. The number of nitrogens with zero attached hydrogens (tertiary/aromatic N) is 3. The van der Waals surface area contributed by atoms with Crippen LogP contribution in [0.15, 0.2) is 24.5 Å². The van der Waals surface area contributed by atoms with Crippen molar-refractivity contribution in [3.8, 4) is 0 Å². The molecule has 1 heterocycles. The Morgan fingerprint density at radius 3 is 2.95 bits per heavy atom. The Bertz CT molecular complexity index is 583. The molecule has 0 atom stereocenters. The van der Waals surface area contributed by atoms with Gasteiger partial charge in [-0.2, -0.15) is 0 Å². The van der Waals surface area contributed by atoms with E-state index in [1.54, 1.807) is 13.4 Å². The highest BCUT2D eigenvalue weighted by Gasteiger charge is 2.30. The number of benzene rings is 1. The normalized spacial score (nSPS) is 14.8. The molecule has 0 amide bonds. The van der Waals surface area contributed by atoms with Crippen LogP contribution in [0.2, 0.25) is 0 Å². The molecule has 5 heteroatoms. The molecule has 0 bridgehead atoms. The minimum Gasteiger partial charge on any atom is -0.399 e. The van der Waals surface area contributed by atoms with E-state index in [2.05, 4.69) is 14.9 Å². The quantitative estimate of drug-likeness (QED) is 0.829. The fourth-order valence-corrected chi connectivity index (χ4v) is 2.33. The smallest absolute Gasteiger partial charge is 0.140 e. The highest BCUT2D eigenvalue weighted by molar-refractivity contribution is 5.91. The summed E-state index contributed by atoms with van der Waals surface area (Å²) in [5.74, 6) is 0.990.